The first kappa shape index (κ1) is 15.6. The molecule has 2 aromatic rings. The van der Waals surface area contributed by atoms with Gasteiger partial charge in [0, 0.05) is 10.9 Å². The molecule has 6 heteroatoms. The molecule has 0 aliphatic heterocycles. The number of halogens is 2. The van der Waals surface area contributed by atoms with Crippen molar-refractivity contribution in [1.29, 1.82) is 0 Å². The lowest BCUT2D eigenvalue weighted by Gasteiger charge is -2.22. The summed E-state index contributed by atoms with van der Waals surface area (Å²) in [7, 11) is 1.63. The van der Waals surface area contributed by atoms with Crippen LogP contribution in [0.15, 0.2) is 34.8 Å². The van der Waals surface area contributed by atoms with Gasteiger partial charge in [0.2, 0.25) is 0 Å². The Bertz CT molecular complexity index is 588. The minimum absolute atomic E-state index is 0.154. The third-order valence-corrected chi connectivity index (χ3v) is 4.66. The summed E-state index contributed by atoms with van der Waals surface area (Å²) < 4.78 is 12.7. The molecule has 1 heterocycles. The summed E-state index contributed by atoms with van der Waals surface area (Å²) >= 11 is 10.9. The number of benzene rings is 1. The van der Waals surface area contributed by atoms with Crippen LogP contribution < -0.4 is 15.2 Å². The van der Waals surface area contributed by atoms with Gasteiger partial charge in [-0.05, 0) is 53.2 Å². The molecule has 1 aromatic carbocycles. The molecule has 1 aromatic heterocycles. The van der Waals surface area contributed by atoms with Crippen LogP contribution >= 0.6 is 38.9 Å². The highest BCUT2D eigenvalue weighted by molar-refractivity contribution is 9.10. The molecule has 20 heavy (non-hydrogen) atoms. The Hall–Kier alpha value is -0.750. The molecule has 0 bridgehead atoms. The third-order valence-electron chi connectivity index (χ3n) is 2.74. The summed E-state index contributed by atoms with van der Waals surface area (Å²) in [5.74, 6) is 1.48. The number of rotatable bonds is 5. The van der Waals surface area contributed by atoms with Crippen molar-refractivity contribution in [3.63, 3.8) is 0 Å². The first-order valence-corrected chi connectivity index (χ1v) is 8.01. The standard InChI is InChI=1S/C14H15BrClNO2S/c1-8(17)14(12-5-6-13(16)20-12)19-11-4-3-9(18-2)7-10(11)15/h3-8,14H,17H2,1-2H3. The van der Waals surface area contributed by atoms with E-state index in [2.05, 4.69) is 15.9 Å². The number of hydrogen-bond acceptors (Lipinski definition) is 4. The number of thiophene rings is 1. The van der Waals surface area contributed by atoms with Crippen LogP contribution in [0.1, 0.15) is 17.9 Å². The molecule has 0 saturated heterocycles. The van der Waals surface area contributed by atoms with Gasteiger partial charge in [-0.1, -0.05) is 11.6 Å². The lowest BCUT2D eigenvalue weighted by atomic mass is 10.1. The Balaban J connectivity index is 2.25. The molecule has 0 amide bonds. The quantitative estimate of drug-likeness (QED) is 0.826. The van der Waals surface area contributed by atoms with Crippen LogP contribution in [0, 0.1) is 0 Å². The van der Waals surface area contributed by atoms with Gasteiger partial charge >= 0.3 is 0 Å². The molecule has 2 N–H and O–H groups in total. The van der Waals surface area contributed by atoms with E-state index in [1.165, 1.54) is 11.3 Å². The molecule has 0 spiro atoms. The van der Waals surface area contributed by atoms with Crippen LogP contribution in [0.5, 0.6) is 11.5 Å². The summed E-state index contributed by atoms with van der Waals surface area (Å²) in [6, 6.07) is 9.20. The average Bonchev–Trinajstić information content (AvgIpc) is 2.83. The van der Waals surface area contributed by atoms with Crippen molar-refractivity contribution in [1.82, 2.24) is 0 Å². The maximum atomic E-state index is 6.03. The average molecular weight is 377 g/mol. The van der Waals surface area contributed by atoms with Crippen LogP contribution in [0.3, 0.4) is 0 Å². The third kappa shape index (κ3) is 3.67. The van der Waals surface area contributed by atoms with Crippen molar-refractivity contribution in [3.05, 3.63) is 44.0 Å². The fourth-order valence-electron chi connectivity index (χ4n) is 1.75. The fourth-order valence-corrected chi connectivity index (χ4v) is 3.40. The van der Waals surface area contributed by atoms with Gasteiger partial charge in [0.1, 0.15) is 17.6 Å². The van der Waals surface area contributed by atoms with Gasteiger partial charge in [-0.15, -0.1) is 11.3 Å². The van der Waals surface area contributed by atoms with Crippen molar-refractivity contribution >= 4 is 38.9 Å². The second kappa shape index (κ2) is 6.80. The Labute approximate surface area is 135 Å². The van der Waals surface area contributed by atoms with E-state index in [0.717, 1.165) is 25.2 Å². The molecule has 0 aliphatic rings. The number of hydrogen-bond donors (Lipinski definition) is 1. The minimum atomic E-state index is -0.239. The smallest absolute Gasteiger partial charge is 0.148 e. The van der Waals surface area contributed by atoms with Gasteiger partial charge < -0.3 is 15.2 Å². The fraction of sp³-hybridized carbons (Fsp3) is 0.286. The summed E-state index contributed by atoms with van der Waals surface area (Å²) in [6.07, 6.45) is -0.239. The van der Waals surface area contributed by atoms with Crippen molar-refractivity contribution in [2.75, 3.05) is 7.11 Å². The van der Waals surface area contributed by atoms with Gasteiger partial charge in [-0.3, -0.25) is 0 Å². The minimum Gasteiger partial charge on any atom is -0.497 e. The van der Waals surface area contributed by atoms with Crippen LogP contribution in [0.2, 0.25) is 4.34 Å². The highest BCUT2D eigenvalue weighted by Crippen LogP contribution is 2.36. The lowest BCUT2D eigenvalue weighted by Crippen LogP contribution is -2.28. The number of ether oxygens (including phenoxy) is 2. The molecule has 108 valence electrons. The lowest BCUT2D eigenvalue weighted by molar-refractivity contribution is 0.182. The predicted octanol–water partition coefficient (Wildman–Crippen LogP) is 4.64. The zero-order valence-corrected chi connectivity index (χ0v) is 14.3. The van der Waals surface area contributed by atoms with Crippen LogP contribution in [-0.2, 0) is 0 Å². The Morgan fingerprint density at radius 2 is 2.05 bits per heavy atom. The van der Waals surface area contributed by atoms with E-state index in [-0.39, 0.29) is 12.1 Å². The van der Waals surface area contributed by atoms with Crippen molar-refractivity contribution < 1.29 is 9.47 Å². The molecule has 2 unspecified atom stereocenters. The van der Waals surface area contributed by atoms with E-state index >= 15 is 0 Å². The second-order valence-electron chi connectivity index (χ2n) is 4.34. The van der Waals surface area contributed by atoms with Gasteiger partial charge in [0.25, 0.3) is 0 Å². The highest BCUT2D eigenvalue weighted by atomic mass is 79.9. The molecular formula is C14H15BrClNO2S. The van der Waals surface area contributed by atoms with Crippen molar-refractivity contribution in [2.24, 2.45) is 5.73 Å². The Morgan fingerprint density at radius 3 is 2.55 bits per heavy atom. The molecule has 0 saturated carbocycles. The predicted molar refractivity (Wildman–Crippen MR) is 87.0 cm³/mol. The summed E-state index contributed by atoms with van der Waals surface area (Å²) in [4.78, 5) is 1.01. The first-order chi connectivity index (χ1) is 9.51. The topological polar surface area (TPSA) is 44.5 Å². The number of methoxy groups -OCH3 is 1. The van der Waals surface area contributed by atoms with Crippen molar-refractivity contribution in [3.8, 4) is 11.5 Å². The van der Waals surface area contributed by atoms with E-state index in [1.807, 2.05) is 37.3 Å². The van der Waals surface area contributed by atoms with E-state index in [4.69, 9.17) is 26.8 Å². The summed E-state index contributed by atoms with van der Waals surface area (Å²) in [6.45, 7) is 1.91. The molecule has 0 aliphatic carbocycles. The van der Waals surface area contributed by atoms with E-state index < -0.39 is 0 Å². The molecule has 0 radical (unpaired) electrons. The van der Waals surface area contributed by atoms with Crippen LogP contribution in [-0.4, -0.2) is 13.2 Å². The van der Waals surface area contributed by atoms with Gasteiger partial charge in [0.15, 0.2) is 0 Å². The molecule has 2 atom stereocenters. The molecule has 2 rings (SSSR count). The molecular weight excluding hydrogens is 362 g/mol. The maximum Gasteiger partial charge on any atom is 0.148 e. The van der Waals surface area contributed by atoms with Gasteiger partial charge in [-0.2, -0.15) is 0 Å². The van der Waals surface area contributed by atoms with E-state index in [9.17, 15) is 0 Å². The van der Waals surface area contributed by atoms with Gasteiger partial charge in [-0.25, -0.2) is 0 Å². The van der Waals surface area contributed by atoms with E-state index in [1.54, 1.807) is 7.11 Å². The normalized spacial score (nSPS) is 13.8. The second-order valence-corrected chi connectivity index (χ2v) is 6.94. The summed E-state index contributed by atoms with van der Waals surface area (Å²) in [5, 5.41) is 0. The zero-order chi connectivity index (χ0) is 14.7. The largest absolute Gasteiger partial charge is 0.497 e. The monoisotopic (exact) mass is 375 g/mol. The SMILES string of the molecule is COc1ccc(OC(c2ccc(Cl)s2)C(C)N)c(Br)c1. The van der Waals surface area contributed by atoms with Crippen LogP contribution in [0.4, 0.5) is 0 Å². The molecule has 0 fully saturated rings. The van der Waals surface area contributed by atoms with Gasteiger partial charge in [0.05, 0.1) is 15.9 Å². The van der Waals surface area contributed by atoms with E-state index in [0.29, 0.717) is 0 Å². The van der Waals surface area contributed by atoms with Crippen LogP contribution in [0.25, 0.3) is 0 Å². The highest BCUT2D eigenvalue weighted by Gasteiger charge is 2.21. The number of nitrogens with two attached hydrogens (primary N) is 1. The summed E-state index contributed by atoms with van der Waals surface area (Å²) in [5.41, 5.74) is 6.03. The molecule has 3 nitrogen and oxygen atoms in total. The van der Waals surface area contributed by atoms with Crippen molar-refractivity contribution in [2.45, 2.75) is 19.1 Å². The Morgan fingerprint density at radius 1 is 1.30 bits per heavy atom. The maximum absolute atomic E-state index is 6.03. The Kier molecular flexibility index (Phi) is 5.32. The zero-order valence-electron chi connectivity index (χ0n) is 11.1. The first-order valence-electron chi connectivity index (χ1n) is 6.02.